The Labute approximate surface area is 84.1 Å². The van der Waals surface area contributed by atoms with E-state index in [0.717, 1.165) is 0 Å². The number of fused-ring (bicyclic) bond motifs is 2. The second-order valence-corrected chi connectivity index (χ2v) is 5.75. The highest BCUT2D eigenvalue weighted by atomic mass is 79.9. The van der Waals surface area contributed by atoms with Crippen molar-refractivity contribution in [2.75, 3.05) is 0 Å². The maximum Gasteiger partial charge on any atom is 0.0704 e. The maximum absolute atomic E-state index is 5.85. The molecule has 4 atom stereocenters. The highest BCUT2D eigenvalue weighted by Gasteiger charge is 2.37. The molecule has 1 nitrogen and oxygen atoms in total. The van der Waals surface area contributed by atoms with Crippen LogP contribution < -0.4 is 0 Å². The van der Waals surface area contributed by atoms with Crippen LogP contribution in [-0.4, -0.2) is 21.9 Å². The Morgan fingerprint density at radius 2 is 1.27 bits per heavy atom. The lowest BCUT2D eigenvalue weighted by atomic mass is 9.92. The average Bonchev–Trinajstić information content (AvgIpc) is 2.02. The number of hydrogen-bond donors (Lipinski definition) is 0. The van der Waals surface area contributed by atoms with E-state index in [1.807, 2.05) is 0 Å². The largest absolute Gasteiger partial charge is 0.373 e. The summed E-state index contributed by atoms with van der Waals surface area (Å²) >= 11 is 7.31. The molecule has 2 rings (SSSR count). The molecule has 2 bridgehead atoms. The minimum absolute atomic E-state index is 0.488. The summed E-state index contributed by atoms with van der Waals surface area (Å²) in [5.41, 5.74) is 0. The first-order chi connectivity index (χ1) is 5.27. The van der Waals surface area contributed by atoms with Crippen LogP contribution in [-0.2, 0) is 4.74 Å². The normalized spacial score (nSPS) is 50.7. The Balaban J connectivity index is 2.02. The van der Waals surface area contributed by atoms with Gasteiger partial charge in [0.2, 0.25) is 0 Å². The van der Waals surface area contributed by atoms with Crippen molar-refractivity contribution in [1.82, 2.24) is 0 Å². The van der Waals surface area contributed by atoms with Gasteiger partial charge in [0.15, 0.2) is 0 Å². The van der Waals surface area contributed by atoms with Gasteiger partial charge in [-0.25, -0.2) is 0 Å². The lowest BCUT2D eigenvalue weighted by molar-refractivity contribution is -0.0719. The fraction of sp³-hybridized carbons (Fsp3) is 1.00. The number of hydrogen-bond acceptors (Lipinski definition) is 1. The second kappa shape index (κ2) is 3.35. The third kappa shape index (κ3) is 1.65. The van der Waals surface area contributed by atoms with Crippen molar-refractivity contribution >= 4 is 31.9 Å². The van der Waals surface area contributed by atoms with Crippen LogP contribution in [0.4, 0.5) is 0 Å². The first kappa shape index (κ1) is 8.52. The van der Waals surface area contributed by atoms with Crippen molar-refractivity contribution in [2.45, 2.75) is 47.5 Å². The summed E-state index contributed by atoms with van der Waals surface area (Å²) < 4.78 is 5.85. The molecular formula is C8H12Br2O. The monoisotopic (exact) mass is 282 g/mol. The average molecular weight is 284 g/mol. The van der Waals surface area contributed by atoms with Crippen LogP contribution >= 0.6 is 31.9 Å². The topological polar surface area (TPSA) is 9.23 Å². The van der Waals surface area contributed by atoms with Gasteiger partial charge in [-0.15, -0.1) is 0 Å². The smallest absolute Gasteiger partial charge is 0.0704 e. The molecule has 2 fully saturated rings. The molecule has 0 saturated carbocycles. The number of ether oxygens (including phenoxy) is 1. The van der Waals surface area contributed by atoms with Crippen LogP contribution in [0.3, 0.4) is 0 Å². The van der Waals surface area contributed by atoms with Crippen molar-refractivity contribution in [3.63, 3.8) is 0 Å². The fourth-order valence-electron chi connectivity index (χ4n) is 1.91. The van der Waals surface area contributed by atoms with Crippen LogP contribution in [0.25, 0.3) is 0 Å². The SMILES string of the molecule is Br[C@H]1CC[C@@H]2O[C@H]1CC[C@@H]2Br. The Kier molecular flexibility index (Phi) is 2.59. The molecule has 0 amide bonds. The number of rotatable bonds is 0. The van der Waals surface area contributed by atoms with Crippen LogP contribution in [0, 0.1) is 0 Å². The third-order valence-electron chi connectivity index (χ3n) is 2.61. The van der Waals surface area contributed by atoms with Crippen LogP contribution in [0.15, 0.2) is 0 Å². The molecule has 0 unspecified atom stereocenters. The van der Waals surface area contributed by atoms with Gasteiger partial charge in [0.1, 0.15) is 0 Å². The minimum atomic E-state index is 0.488. The van der Waals surface area contributed by atoms with E-state index in [-0.39, 0.29) is 0 Å². The van der Waals surface area contributed by atoms with Crippen molar-refractivity contribution in [2.24, 2.45) is 0 Å². The molecule has 0 spiro atoms. The summed E-state index contributed by atoms with van der Waals surface area (Å²) in [5.74, 6) is 0. The molecule has 0 aliphatic carbocycles. The summed E-state index contributed by atoms with van der Waals surface area (Å²) in [4.78, 5) is 1.22. The van der Waals surface area contributed by atoms with Gasteiger partial charge in [0.25, 0.3) is 0 Å². The van der Waals surface area contributed by atoms with Crippen molar-refractivity contribution in [3.05, 3.63) is 0 Å². The molecule has 3 heteroatoms. The predicted molar refractivity (Wildman–Crippen MR) is 52.6 cm³/mol. The van der Waals surface area contributed by atoms with E-state index in [4.69, 9.17) is 4.74 Å². The Bertz CT molecular complexity index is 135. The van der Waals surface area contributed by atoms with Crippen molar-refractivity contribution < 1.29 is 4.74 Å². The maximum atomic E-state index is 5.85. The first-order valence-electron chi connectivity index (χ1n) is 4.21. The Morgan fingerprint density at radius 3 is 1.73 bits per heavy atom. The van der Waals surface area contributed by atoms with Crippen LogP contribution in [0.2, 0.25) is 0 Å². The summed E-state index contributed by atoms with van der Waals surface area (Å²) in [6.07, 6.45) is 5.95. The lowest BCUT2D eigenvalue weighted by Crippen LogP contribution is -2.44. The molecule has 2 heterocycles. The molecule has 0 aromatic heterocycles. The van der Waals surface area contributed by atoms with E-state index < -0.39 is 0 Å². The van der Waals surface area contributed by atoms with Gasteiger partial charge in [-0.3, -0.25) is 0 Å². The zero-order chi connectivity index (χ0) is 7.84. The number of alkyl halides is 2. The Morgan fingerprint density at radius 1 is 0.818 bits per heavy atom. The molecule has 2 aliphatic heterocycles. The predicted octanol–water partition coefficient (Wildman–Crippen LogP) is 2.85. The quantitative estimate of drug-likeness (QED) is 0.621. The summed E-state index contributed by atoms with van der Waals surface area (Å²) in [6.45, 7) is 0. The van der Waals surface area contributed by atoms with Gasteiger partial charge in [0, 0.05) is 9.65 Å². The molecule has 0 N–H and O–H groups in total. The number of halogens is 2. The van der Waals surface area contributed by atoms with E-state index in [2.05, 4.69) is 31.9 Å². The van der Waals surface area contributed by atoms with Gasteiger partial charge < -0.3 is 4.74 Å². The summed E-state index contributed by atoms with van der Waals surface area (Å²) in [5, 5.41) is 0. The fourth-order valence-corrected chi connectivity index (χ4v) is 3.22. The lowest BCUT2D eigenvalue weighted by Gasteiger charge is -2.40. The van der Waals surface area contributed by atoms with Crippen molar-refractivity contribution in [3.8, 4) is 0 Å². The van der Waals surface area contributed by atoms with E-state index in [1.54, 1.807) is 0 Å². The van der Waals surface area contributed by atoms with Gasteiger partial charge in [0.05, 0.1) is 12.2 Å². The highest BCUT2D eigenvalue weighted by Crippen LogP contribution is 2.37. The highest BCUT2D eigenvalue weighted by molar-refractivity contribution is 9.09. The standard InChI is InChI=1S/C8H12Br2O/c9-5-1-3-7-6(10)2-4-8(5)11-7/h5-8H,1-4H2/t5-,6-,7-,8-/m0/s1. The van der Waals surface area contributed by atoms with E-state index in [9.17, 15) is 0 Å². The second-order valence-electron chi connectivity index (χ2n) is 3.40. The molecule has 0 aromatic rings. The zero-order valence-corrected chi connectivity index (χ0v) is 9.47. The van der Waals surface area contributed by atoms with E-state index >= 15 is 0 Å². The first-order valence-corrected chi connectivity index (χ1v) is 6.04. The third-order valence-corrected chi connectivity index (χ3v) is 4.71. The molecule has 11 heavy (non-hydrogen) atoms. The van der Waals surface area contributed by atoms with Gasteiger partial charge >= 0.3 is 0 Å². The van der Waals surface area contributed by atoms with E-state index in [0.29, 0.717) is 21.9 Å². The minimum Gasteiger partial charge on any atom is -0.373 e. The molecular weight excluding hydrogens is 272 g/mol. The van der Waals surface area contributed by atoms with Crippen LogP contribution in [0.1, 0.15) is 25.7 Å². The summed E-state index contributed by atoms with van der Waals surface area (Å²) in [7, 11) is 0. The molecule has 0 aromatic carbocycles. The van der Waals surface area contributed by atoms with Crippen molar-refractivity contribution in [1.29, 1.82) is 0 Å². The van der Waals surface area contributed by atoms with Gasteiger partial charge in [-0.1, -0.05) is 31.9 Å². The molecule has 64 valence electrons. The van der Waals surface area contributed by atoms with E-state index in [1.165, 1.54) is 25.7 Å². The zero-order valence-electron chi connectivity index (χ0n) is 6.30. The molecule has 2 aliphatic rings. The van der Waals surface area contributed by atoms with Gasteiger partial charge in [-0.2, -0.15) is 0 Å². The summed E-state index contributed by atoms with van der Waals surface area (Å²) in [6, 6.07) is 0. The molecule has 2 saturated heterocycles. The van der Waals surface area contributed by atoms with Gasteiger partial charge in [-0.05, 0) is 25.7 Å². The molecule has 0 radical (unpaired) electrons. The Hall–Kier alpha value is 0.920. The van der Waals surface area contributed by atoms with Crippen LogP contribution in [0.5, 0.6) is 0 Å².